The fraction of sp³-hybridized carbons (Fsp3) is 0.148. The Morgan fingerprint density at radius 2 is 1.46 bits per heavy atom. The Labute approximate surface area is 200 Å². The van der Waals surface area contributed by atoms with E-state index in [1.165, 1.54) is 48.0 Å². The van der Waals surface area contributed by atoms with Crippen molar-refractivity contribution >= 4 is 17.6 Å². The number of carbonyl (C=O) groups excluding carboxylic acids is 2. The second-order valence-corrected chi connectivity index (χ2v) is 8.36. The summed E-state index contributed by atoms with van der Waals surface area (Å²) in [6.07, 6.45) is 1.80. The van der Waals surface area contributed by atoms with E-state index >= 15 is 0 Å². The lowest BCUT2D eigenvalue weighted by Crippen LogP contribution is -2.13. The fourth-order valence-electron chi connectivity index (χ4n) is 3.77. The van der Waals surface area contributed by atoms with E-state index in [4.69, 9.17) is 4.74 Å². The minimum Gasteiger partial charge on any atom is -0.407 e. The third-order valence-corrected chi connectivity index (χ3v) is 5.66. The predicted molar refractivity (Wildman–Crippen MR) is 127 cm³/mol. The third-order valence-electron chi connectivity index (χ3n) is 5.66. The molecule has 176 valence electrons. The van der Waals surface area contributed by atoms with Crippen molar-refractivity contribution in [2.45, 2.75) is 19.8 Å². The van der Waals surface area contributed by atoms with Gasteiger partial charge >= 0.3 is 5.97 Å². The Balaban J connectivity index is 1.65. The summed E-state index contributed by atoms with van der Waals surface area (Å²) in [6.45, 7) is 1.28. The van der Waals surface area contributed by atoms with E-state index in [1.807, 2.05) is 0 Å². The van der Waals surface area contributed by atoms with Gasteiger partial charge in [0.2, 0.25) is 11.8 Å². The molecule has 4 aromatic rings. The molecular formula is C27H21F2N3O3. The molecule has 3 aromatic carbocycles. The maximum Gasteiger partial charge on any atom is 0.309 e. The van der Waals surface area contributed by atoms with E-state index in [0.29, 0.717) is 33.8 Å². The van der Waals surface area contributed by atoms with Gasteiger partial charge in [-0.2, -0.15) is 9.78 Å². The molecule has 35 heavy (non-hydrogen) atoms. The lowest BCUT2D eigenvalue weighted by atomic mass is 10.0. The average Bonchev–Trinajstić information content (AvgIpc) is 3.63. The molecule has 0 saturated heterocycles. The smallest absolute Gasteiger partial charge is 0.309 e. The number of rotatable bonds is 6. The monoisotopic (exact) mass is 473 g/mol. The summed E-state index contributed by atoms with van der Waals surface area (Å²) >= 11 is 0. The number of halogens is 2. The zero-order valence-electron chi connectivity index (χ0n) is 18.8. The van der Waals surface area contributed by atoms with Gasteiger partial charge in [0, 0.05) is 24.1 Å². The number of hydrogen-bond acceptors (Lipinski definition) is 4. The van der Waals surface area contributed by atoms with Gasteiger partial charge in [-0.3, -0.25) is 9.59 Å². The van der Waals surface area contributed by atoms with Gasteiger partial charge in [-0.15, -0.1) is 0 Å². The average molecular weight is 473 g/mol. The highest BCUT2D eigenvalue weighted by atomic mass is 19.1. The summed E-state index contributed by atoms with van der Waals surface area (Å²) in [5.41, 5.74) is 3.33. The molecule has 1 amide bonds. The summed E-state index contributed by atoms with van der Waals surface area (Å²) in [5, 5.41) is 7.56. The largest absolute Gasteiger partial charge is 0.407 e. The molecular weight excluding hydrogens is 452 g/mol. The van der Waals surface area contributed by atoms with Crippen molar-refractivity contribution in [3.05, 3.63) is 84.4 Å². The van der Waals surface area contributed by atoms with E-state index < -0.39 is 17.6 Å². The van der Waals surface area contributed by atoms with Crippen LogP contribution in [0.5, 0.6) is 5.88 Å². The second-order valence-electron chi connectivity index (χ2n) is 8.36. The van der Waals surface area contributed by atoms with Gasteiger partial charge in [0.15, 0.2) is 0 Å². The van der Waals surface area contributed by atoms with Crippen LogP contribution in [0, 0.1) is 17.6 Å². The van der Waals surface area contributed by atoms with Gasteiger partial charge in [0.1, 0.15) is 17.3 Å². The van der Waals surface area contributed by atoms with Gasteiger partial charge in [-0.1, -0.05) is 12.1 Å². The van der Waals surface area contributed by atoms with Crippen molar-refractivity contribution in [1.82, 2.24) is 9.78 Å². The summed E-state index contributed by atoms with van der Waals surface area (Å²) in [7, 11) is 0. The van der Waals surface area contributed by atoms with E-state index in [-0.39, 0.29) is 17.7 Å². The van der Waals surface area contributed by atoms with Crippen LogP contribution in [0.4, 0.5) is 14.5 Å². The Bertz CT molecular complexity index is 1390. The highest BCUT2D eigenvalue weighted by Gasteiger charge is 2.30. The van der Waals surface area contributed by atoms with Crippen molar-refractivity contribution in [2.24, 2.45) is 5.92 Å². The van der Waals surface area contributed by atoms with Crippen molar-refractivity contribution in [2.75, 3.05) is 5.32 Å². The van der Waals surface area contributed by atoms with Gasteiger partial charge in [-0.05, 0) is 79.1 Å². The molecule has 1 saturated carbocycles. The zero-order valence-corrected chi connectivity index (χ0v) is 18.8. The summed E-state index contributed by atoms with van der Waals surface area (Å²) in [6, 6.07) is 18.5. The first kappa shape index (κ1) is 22.5. The standard InChI is InChI=1S/C27H21F2N3O3/c1-16(33)35-27-24(17-6-12-22(13-7-17)30-26(34)19-2-3-19)25(18-4-8-20(28)9-5-18)31-32(27)23-14-10-21(29)11-15-23/h4-15,19H,2-3H2,1H3,(H,30,34). The topological polar surface area (TPSA) is 73.2 Å². The molecule has 0 aliphatic heterocycles. The van der Waals surface area contributed by atoms with Crippen LogP contribution in [0.2, 0.25) is 0 Å². The molecule has 6 nitrogen and oxygen atoms in total. The minimum absolute atomic E-state index is 0.00511. The number of nitrogens with one attached hydrogen (secondary N) is 1. The Hall–Kier alpha value is -4.33. The molecule has 0 bridgehead atoms. The molecule has 1 aliphatic rings. The Kier molecular flexibility index (Phi) is 5.86. The number of benzene rings is 3. The van der Waals surface area contributed by atoms with Gasteiger partial charge < -0.3 is 10.1 Å². The first-order chi connectivity index (χ1) is 16.9. The van der Waals surface area contributed by atoms with Gasteiger partial charge in [-0.25, -0.2) is 8.78 Å². The lowest BCUT2D eigenvalue weighted by Gasteiger charge is -2.10. The van der Waals surface area contributed by atoms with Gasteiger partial charge in [0.05, 0.1) is 11.3 Å². The van der Waals surface area contributed by atoms with Crippen molar-refractivity contribution in [3.8, 4) is 34.0 Å². The number of nitrogens with zero attached hydrogens (tertiary/aromatic N) is 2. The summed E-state index contributed by atoms with van der Waals surface area (Å²) < 4.78 is 34.2. The first-order valence-electron chi connectivity index (χ1n) is 11.1. The molecule has 1 heterocycles. The van der Waals surface area contributed by atoms with Crippen LogP contribution in [-0.2, 0) is 9.59 Å². The van der Waals surface area contributed by atoms with Crippen LogP contribution in [-0.4, -0.2) is 21.7 Å². The molecule has 0 unspecified atom stereocenters. The van der Waals surface area contributed by atoms with E-state index in [1.54, 1.807) is 36.4 Å². The normalized spacial score (nSPS) is 12.9. The Morgan fingerprint density at radius 3 is 2.03 bits per heavy atom. The van der Waals surface area contributed by atoms with E-state index in [2.05, 4.69) is 10.4 Å². The quantitative estimate of drug-likeness (QED) is 0.362. The van der Waals surface area contributed by atoms with Crippen molar-refractivity contribution < 1.29 is 23.1 Å². The van der Waals surface area contributed by atoms with Crippen LogP contribution < -0.4 is 10.1 Å². The van der Waals surface area contributed by atoms with Crippen LogP contribution >= 0.6 is 0 Å². The van der Waals surface area contributed by atoms with E-state index in [0.717, 1.165) is 12.8 Å². The van der Waals surface area contributed by atoms with Gasteiger partial charge in [0.25, 0.3) is 0 Å². The number of ether oxygens (including phenoxy) is 1. The number of aromatic nitrogens is 2. The summed E-state index contributed by atoms with van der Waals surface area (Å²) in [5.74, 6) is -1.17. The maximum atomic E-state index is 13.6. The maximum absolute atomic E-state index is 13.6. The summed E-state index contributed by atoms with van der Waals surface area (Å²) in [4.78, 5) is 24.2. The van der Waals surface area contributed by atoms with Crippen LogP contribution in [0.3, 0.4) is 0 Å². The lowest BCUT2D eigenvalue weighted by molar-refractivity contribution is -0.132. The Morgan fingerprint density at radius 1 is 0.886 bits per heavy atom. The number of esters is 1. The first-order valence-corrected chi connectivity index (χ1v) is 11.1. The SMILES string of the molecule is CC(=O)Oc1c(-c2ccc(NC(=O)C3CC3)cc2)c(-c2ccc(F)cc2)nn1-c1ccc(F)cc1. The number of carbonyl (C=O) groups is 2. The highest BCUT2D eigenvalue weighted by molar-refractivity contribution is 5.94. The molecule has 5 rings (SSSR count). The predicted octanol–water partition coefficient (Wildman–Crippen LogP) is 5.76. The third kappa shape index (κ3) is 4.82. The number of amides is 1. The number of anilines is 1. The fourth-order valence-corrected chi connectivity index (χ4v) is 3.77. The van der Waals surface area contributed by atoms with Crippen LogP contribution in [0.1, 0.15) is 19.8 Å². The number of hydrogen-bond donors (Lipinski definition) is 1. The molecule has 1 aliphatic carbocycles. The zero-order chi connectivity index (χ0) is 24.5. The molecule has 0 atom stereocenters. The van der Waals surface area contributed by atoms with Crippen LogP contribution in [0.15, 0.2) is 72.8 Å². The van der Waals surface area contributed by atoms with Crippen LogP contribution in [0.25, 0.3) is 28.1 Å². The molecule has 0 spiro atoms. The molecule has 1 fully saturated rings. The molecule has 1 aromatic heterocycles. The highest BCUT2D eigenvalue weighted by Crippen LogP contribution is 2.41. The van der Waals surface area contributed by atoms with Crippen molar-refractivity contribution in [3.63, 3.8) is 0 Å². The molecule has 1 N–H and O–H groups in total. The molecule has 0 radical (unpaired) electrons. The van der Waals surface area contributed by atoms with Crippen molar-refractivity contribution in [1.29, 1.82) is 0 Å². The van der Waals surface area contributed by atoms with E-state index in [9.17, 15) is 18.4 Å². The minimum atomic E-state index is -0.562. The second kappa shape index (κ2) is 9.13. The molecule has 8 heteroatoms.